The van der Waals surface area contributed by atoms with Crippen molar-refractivity contribution in [2.24, 2.45) is 0 Å². The molecular weight excluding hydrogens is 242 g/mol. The Hall–Kier alpha value is -2.04. The predicted octanol–water partition coefficient (Wildman–Crippen LogP) is 0.569. The SMILES string of the molecule is CN1CCN(C(=O)c2ccc3c(c2)CCN3)CC1=O. The summed E-state index contributed by atoms with van der Waals surface area (Å²) >= 11 is 0. The standard InChI is InChI=1S/C14H17N3O2/c1-16-6-7-17(9-13(16)18)14(19)11-2-3-12-10(8-11)4-5-15-12/h2-3,8,15H,4-7,9H2,1H3. The second-order valence-electron chi connectivity index (χ2n) is 5.09. The fraction of sp³-hybridized carbons (Fsp3) is 0.429. The number of rotatable bonds is 1. The van der Waals surface area contributed by atoms with Crippen LogP contribution in [-0.2, 0) is 11.2 Å². The van der Waals surface area contributed by atoms with Crippen LogP contribution in [0.5, 0.6) is 0 Å². The molecule has 3 rings (SSSR count). The van der Waals surface area contributed by atoms with Crippen molar-refractivity contribution in [1.29, 1.82) is 0 Å². The van der Waals surface area contributed by atoms with Gasteiger partial charge in [-0.05, 0) is 30.2 Å². The Morgan fingerprint density at radius 3 is 2.95 bits per heavy atom. The summed E-state index contributed by atoms with van der Waals surface area (Å²) in [5.41, 5.74) is 2.98. The van der Waals surface area contributed by atoms with Gasteiger partial charge in [0.25, 0.3) is 5.91 Å². The average molecular weight is 259 g/mol. The third-order valence-corrected chi connectivity index (χ3v) is 3.81. The first kappa shape index (κ1) is 12.0. The van der Waals surface area contributed by atoms with E-state index in [9.17, 15) is 9.59 Å². The maximum absolute atomic E-state index is 12.4. The number of nitrogens with one attached hydrogen (secondary N) is 1. The van der Waals surface area contributed by atoms with Gasteiger partial charge in [0.1, 0.15) is 6.54 Å². The van der Waals surface area contributed by atoms with E-state index < -0.39 is 0 Å². The monoisotopic (exact) mass is 259 g/mol. The van der Waals surface area contributed by atoms with E-state index in [0.717, 1.165) is 18.7 Å². The van der Waals surface area contributed by atoms with Gasteiger partial charge >= 0.3 is 0 Å². The molecule has 2 heterocycles. The smallest absolute Gasteiger partial charge is 0.254 e. The second-order valence-corrected chi connectivity index (χ2v) is 5.09. The van der Waals surface area contributed by atoms with Crippen LogP contribution in [0, 0.1) is 0 Å². The Kier molecular flexibility index (Phi) is 2.89. The third kappa shape index (κ3) is 2.16. The van der Waals surface area contributed by atoms with Crippen molar-refractivity contribution in [3.05, 3.63) is 29.3 Å². The summed E-state index contributed by atoms with van der Waals surface area (Å²) in [7, 11) is 1.77. The van der Waals surface area contributed by atoms with E-state index in [-0.39, 0.29) is 18.4 Å². The van der Waals surface area contributed by atoms with Gasteiger partial charge in [0.15, 0.2) is 0 Å². The highest BCUT2D eigenvalue weighted by Crippen LogP contribution is 2.23. The van der Waals surface area contributed by atoms with Crippen LogP contribution in [0.25, 0.3) is 0 Å². The lowest BCUT2D eigenvalue weighted by molar-refractivity contribution is -0.133. The first-order chi connectivity index (χ1) is 9.15. The molecule has 1 aromatic carbocycles. The molecule has 5 heteroatoms. The highest BCUT2D eigenvalue weighted by Gasteiger charge is 2.26. The van der Waals surface area contributed by atoms with Crippen LogP contribution in [0.1, 0.15) is 15.9 Å². The number of piperazine rings is 1. The molecule has 0 aromatic heterocycles. The number of likely N-dealkylation sites (N-methyl/N-ethyl adjacent to an activating group) is 1. The highest BCUT2D eigenvalue weighted by atomic mass is 16.2. The number of anilines is 1. The Morgan fingerprint density at radius 1 is 1.32 bits per heavy atom. The second kappa shape index (κ2) is 4.57. The molecule has 0 radical (unpaired) electrons. The van der Waals surface area contributed by atoms with Gasteiger partial charge in [-0.25, -0.2) is 0 Å². The lowest BCUT2D eigenvalue weighted by Crippen LogP contribution is -2.50. The van der Waals surface area contributed by atoms with Crippen molar-refractivity contribution in [1.82, 2.24) is 9.80 Å². The van der Waals surface area contributed by atoms with Crippen LogP contribution in [0.3, 0.4) is 0 Å². The molecule has 19 heavy (non-hydrogen) atoms. The number of fused-ring (bicyclic) bond motifs is 1. The van der Waals surface area contributed by atoms with Gasteiger partial charge in [0, 0.05) is 37.9 Å². The summed E-state index contributed by atoms with van der Waals surface area (Å²) in [6, 6.07) is 5.73. The Bertz CT molecular complexity index is 541. The summed E-state index contributed by atoms with van der Waals surface area (Å²) < 4.78 is 0. The molecule has 2 aliphatic heterocycles. The first-order valence-electron chi connectivity index (χ1n) is 6.55. The Morgan fingerprint density at radius 2 is 2.16 bits per heavy atom. The quantitative estimate of drug-likeness (QED) is 0.802. The molecule has 0 bridgehead atoms. The zero-order valence-corrected chi connectivity index (χ0v) is 11.0. The minimum Gasteiger partial charge on any atom is -0.384 e. The van der Waals surface area contributed by atoms with Crippen molar-refractivity contribution in [2.45, 2.75) is 6.42 Å². The van der Waals surface area contributed by atoms with Crippen molar-refractivity contribution in [2.75, 3.05) is 38.5 Å². The van der Waals surface area contributed by atoms with E-state index >= 15 is 0 Å². The Labute approximate surface area is 112 Å². The third-order valence-electron chi connectivity index (χ3n) is 3.81. The summed E-state index contributed by atoms with van der Waals surface area (Å²) in [6.07, 6.45) is 0.956. The van der Waals surface area contributed by atoms with E-state index in [4.69, 9.17) is 0 Å². The number of amides is 2. The largest absolute Gasteiger partial charge is 0.384 e. The van der Waals surface area contributed by atoms with Crippen molar-refractivity contribution in [3.8, 4) is 0 Å². The summed E-state index contributed by atoms with van der Waals surface area (Å²) in [4.78, 5) is 27.3. The molecule has 0 aliphatic carbocycles. The van der Waals surface area contributed by atoms with Crippen LogP contribution in [0.2, 0.25) is 0 Å². The molecule has 5 nitrogen and oxygen atoms in total. The molecule has 100 valence electrons. The molecular formula is C14H17N3O2. The summed E-state index contributed by atoms with van der Waals surface area (Å²) in [5, 5.41) is 3.27. The number of nitrogens with zero attached hydrogens (tertiary/aromatic N) is 2. The first-order valence-corrected chi connectivity index (χ1v) is 6.55. The molecule has 0 spiro atoms. The number of hydrogen-bond acceptors (Lipinski definition) is 3. The lowest BCUT2D eigenvalue weighted by Gasteiger charge is -2.32. The Balaban J connectivity index is 1.79. The molecule has 2 aliphatic rings. The number of hydrogen-bond donors (Lipinski definition) is 1. The predicted molar refractivity (Wildman–Crippen MR) is 72.2 cm³/mol. The van der Waals surface area contributed by atoms with E-state index in [0.29, 0.717) is 18.7 Å². The van der Waals surface area contributed by atoms with Crippen LogP contribution < -0.4 is 5.32 Å². The van der Waals surface area contributed by atoms with Gasteiger partial charge in [0.2, 0.25) is 5.91 Å². The number of carbonyl (C=O) groups excluding carboxylic acids is 2. The average Bonchev–Trinajstić information content (AvgIpc) is 2.88. The van der Waals surface area contributed by atoms with Gasteiger partial charge < -0.3 is 15.1 Å². The minimum atomic E-state index is -0.0452. The van der Waals surface area contributed by atoms with Crippen LogP contribution in [0.15, 0.2) is 18.2 Å². The van der Waals surface area contributed by atoms with Crippen LogP contribution in [0.4, 0.5) is 5.69 Å². The maximum Gasteiger partial charge on any atom is 0.254 e. The van der Waals surface area contributed by atoms with Gasteiger partial charge in [0.05, 0.1) is 0 Å². The summed E-state index contributed by atoms with van der Waals surface area (Å²) in [6.45, 7) is 2.33. The molecule has 1 fully saturated rings. The minimum absolute atomic E-state index is 0.00225. The fourth-order valence-corrected chi connectivity index (χ4v) is 2.55. The molecule has 2 amide bonds. The molecule has 0 saturated carbocycles. The fourth-order valence-electron chi connectivity index (χ4n) is 2.55. The lowest BCUT2D eigenvalue weighted by atomic mass is 10.1. The highest BCUT2D eigenvalue weighted by molar-refractivity contribution is 5.97. The topological polar surface area (TPSA) is 52.6 Å². The molecule has 0 atom stereocenters. The molecule has 1 N–H and O–H groups in total. The van der Waals surface area contributed by atoms with Crippen molar-refractivity contribution >= 4 is 17.5 Å². The van der Waals surface area contributed by atoms with Crippen molar-refractivity contribution < 1.29 is 9.59 Å². The van der Waals surface area contributed by atoms with E-state index in [1.807, 2.05) is 18.2 Å². The van der Waals surface area contributed by atoms with Crippen molar-refractivity contribution in [3.63, 3.8) is 0 Å². The molecule has 0 unspecified atom stereocenters. The molecule has 1 saturated heterocycles. The summed E-state index contributed by atoms with van der Waals surface area (Å²) in [5.74, 6) is -0.0430. The van der Waals surface area contributed by atoms with Gasteiger partial charge in [-0.3, -0.25) is 9.59 Å². The zero-order chi connectivity index (χ0) is 13.4. The zero-order valence-electron chi connectivity index (χ0n) is 11.0. The van der Waals surface area contributed by atoms with Crippen LogP contribution in [-0.4, -0.2) is 54.8 Å². The van der Waals surface area contributed by atoms with E-state index in [2.05, 4.69) is 5.32 Å². The number of benzene rings is 1. The van der Waals surface area contributed by atoms with Gasteiger partial charge in [-0.1, -0.05) is 0 Å². The number of carbonyl (C=O) groups is 2. The van der Waals surface area contributed by atoms with E-state index in [1.165, 1.54) is 5.56 Å². The van der Waals surface area contributed by atoms with Crippen LogP contribution >= 0.6 is 0 Å². The van der Waals surface area contributed by atoms with Gasteiger partial charge in [-0.2, -0.15) is 0 Å². The maximum atomic E-state index is 12.4. The van der Waals surface area contributed by atoms with E-state index in [1.54, 1.807) is 16.8 Å². The normalized spacial score (nSPS) is 18.3. The molecule has 1 aromatic rings. The van der Waals surface area contributed by atoms with Gasteiger partial charge in [-0.15, -0.1) is 0 Å².